The molecule has 0 spiro atoms. The van der Waals surface area contributed by atoms with Crippen LogP contribution in [0.15, 0.2) is 24.0 Å². The van der Waals surface area contributed by atoms with Crippen LogP contribution in [-0.4, -0.2) is 54.4 Å². The highest BCUT2D eigenvalue weighted by molar-refractivity contribution is 5.69. The van der Waals surface area contributed by atoms with Crippen LogP contribution in [0, 0.1) is 16.7 Å². The Hall–Kier alpha value is -1.98. The van der Waals surface area contributed by atoms with Crippen molar-refractivity contribution in [1.29, 1.82) is 5.26 Å². The molecule has 1 atom stereocenters. The molecule has 144 valence electrons. The molecule has 2 aliphatic rings. The van der Waals surface area contributed by atoms with Gasteiger partial charge in [-0.15, -0.1) is 0 Å². The predicted octanol–water partition coefficient (Wildman–Crippen LogP) is 2.93. The Labute approximate surface area is 151 Å². The summed E-state index contributed by atoms with van der Waals surface area (Å²) in [4.78, 5) is 12.6. The van der Waals surface area contributed by atoms with Gasteiger partial charge in [0.05, 0.1) is 30.4 Å². The van der Waals surface area contributed by atoms with Gasteiger partial charge in [-0.3, -0.25) is 9.69 Å². The van der Waals surface area contributed by atoms with Crippen molar-refractivity contribution < 1.29 is 28.2 Å². The highest BCUT2D eigenvalue weighted by Crippen LogP contribution is 2.49. The van der Waals surface area contributed by atoms with Crippen molar-refractivity contribution in [2.45, 2.75) is 44.8 Å². The summed E-state index contributed by atoms with van der Waals surface area (Å²) < 4.78 is 37.1. The molecule has 0 amide bonds. The van der Waals surface area contributed by atoms with E-state index in [9.17, 15) is 18.8 Å². The lowest BCUT2D eigenvalue weighted by molar-refractivity contribution is -0.228. The number of halogens is 2. The van der Waals surface area contributed by atoms with Crippen LogP contribution in [0.3, 0.4) is 0 Å². The Kier molecular flexibility index (Phi) is 6.73. The summed E-state index contributed by atoms with van der Waals surface area (Å²) in [5.74, 6) is -0.443. The largest absolute Gasteiger partial charge is 0.498 e. The minimum Gasteiger partial charge on any atom is -0.498 e. The van der Waals surface area contributed by atoms with Gasteiger partial charge >= 0.3 is 12.6 Å². The van der Waals surface area contributed by atoms with Gasteiger partial charge in [0.25, 0.3) is 0 Å². The second kappa shape index (κ2) is 8.60. The zero-order valence-electron chi connectivity index (χ0n) is 14.8. The van der Waals surface area contributed by atoms with E-state index in [0.717, 1.165) is 6.42 Å². The third-order valence-corrected chi connectivity index (χ3v) is 4.97. The van der Waals surface area contributed by atoms with Crippen LogP contribution in [0.1, 0.15) is 32.6 Å². The van der Waals surface area contributed by atoms with Gasteiger partial charge in [0.15, 0.2) is 0 Å². The van der Waals surface area contributed by atoms with E-state index in [1.165, 1.54) is 6.08 Å². The van der Waals surface area contributed by atoms with Crippen molar-refractivity contribution in [3.05, 3.63) is 24.0 Å². The second-order valence-electron chi connectivity index (χ2n) is 6.65. The van der Waals surface area contributed by atoms with Crippen molar-refractivity contribution in [3.63, 3.8) is 0 Å². The van der Waals surface area contributed by atoms with Gasteiger partial charge in [0.1, 0.15) is 5.60 Å². The van der Waals surface area contributed by atoms with Crippen molar-refractivity contribution in [3.8, 4) is 6.07 Å². The third kappa shape index (κ3) is 4.40. The predicted molar refractivity (Wildman–Crippen MR) is 89.3 cm³/mol. The van der Waals surface area contributed by atoms with Crippen LogP contribution >= 0.6 is 0 Å². The summed E-state index contributed by atoms with van der Waals surface area (Å²) in [6, 6.07) is 2.22. The summed E-state index contributed by atoms with van der Waals surface area (Å²) >= 11 is 0. The van der Waals surface area contributed by atoms with Crippen LogP contribution in [0.5, 0.6) is 0 Å². The molecule has 0 radical (unpaired) electrons. The van der Waals surface area contributed by atoms with E-state index < -0.39 is 23.6 Å². The number of likely N-dealkylation sites (tertiary alicyclic amines) is 1. The number of carboxylic acids is 1. The Bertz CT molecular complexity index is 607. The molecular weight excluding hydrogens is 346 g/mol. The number of carboxylic acid groups (broad SMARTS) is 1. The van der Waals surface area contributed by atoms with Crippen molar-refractivity contribution in [2.24, 2.45) is 5.41 Å². The molecule has 1 saturated heterocycles. The molecule has 26 heavy (non-hydrogen) atoms. The molecular formula is C18H24F2N2O4. The molecule has 2 rings (SSSR count). The Morgan fingerprint density at radius 2 is 2.15 bits per heavy atom. The summed E-state index contributed by atoms with van der Waals surface area (Å²) in [6.45, 7) is -0.112. The minimum atomic E-state index is -3.03. The lowest BCUT2D eigenvalue weighted by Gasteiger charge is -2.49. The molecule has 0 saturated carbocycles. The maximum atomic E-state index is 13.2. The first kappa shape index (κ1) is 20.3. The minimum absolute atomic E-state index is 0.0559. The van der Waals surface area contributed by atoms with Crippen molar-refractivity contribution in [1.82, 2.24) is 4.90 Å². The number of hydrogen-bond acceptors (Lipinski definition) is 5. The van der Waals surface area contributed by atoms with Gasteiger partial charge in [-0.05, 0) is 25.3 Å². The highest BCUT2D eigenvalue weighted by Gasteiger charge is 2.55. The van der Waals surface area contributed by atoms with Crippen LogP contribution in [0.2, 0.25) is 0 Å². The van der Waals surface area contributed by atoms with E-state index in [4.69, 9.17) is 14.6 Å². The van der Waals surface area contributed by atoms with E-state index in [0.29, 0.717) is 25.5 Å². The molecule has 1 N–H and O–H groups in total. The summed E-state index contributed by atoms with van der Waals surface area (Å²) in [6.07, 6.45) is 6.14. The SMILES string of the molecule is CCCOC1=CC=CC(OC(F)F)(C2(C#N)CCN(CC(=O)O)CC2)C1. The van der Waals surface area contributed by atoms with E-state index >= 15 is 0 Å². The lowest BCUT2D eigenvalue weighted by atomic mass is 9.64. The molecule has 6 nitrogen and oxygen atoms in total. The number of carbonyl (C=O) groups is 1. The van der Waals surface area contributed by atoms with Crippen LogP contribution < -0.4 is 0 Å². The quantitative estimate of drug-likeness (QED) is 0.707. The fourth-order valence-corrected chi connectivity index (χ4v) is 3.62. The summed E-state index contributed by atoms with van der Waals surface area (Å²) in [5, 5.41) is 18.8. The first-order valence-electron chi connectivity index (χ1n) is 8.69. The van der Waals surface area contributed by atoms with Gasteiger partial charge in [0.2, 0.25) is 0 Å². The first-order valence-corrected chi connectivity index (χ1v) is 8.69. The Morgan fingerprint density at radius 1 is 1.46 bits per heavy atom. The van der Waals surface area contributed by atoms with Gasteiger partial charge in [0, 0.05) is 19.5 Å². The molecule has 0 aromatic rings. The van der Waals surface area contributed by atoms with Crippen molar-refractivity contribution >= 4 is 5.97 Å². The average Bonchev–Trinajstić information content (AvgIpc) is 2.60. The van der Waals surface area contributed by atoms with Gasteiger partial charge in [-0.2, -0.15) is 14.0 Å². The molecule has 1 fully saturated rings. The number of nitriles is 1. The van der Waals surface area contributed by atoms with Crippen LogP contribution in [0.4, 0.5) is 8.78 Å². The zero-order valence-corrected chi connectivity index (χ0v) is 14.8. The number of piperidine rings is 1. The third-order valence-electron chi connectivity index (χ3n) is 4.97. The molecule has 1 heterocycles. The van der Waals surface area contributed by atoms with Crippen LogP contribution in [0.25, 0.3) is 0 Å². The van der Waals surface area contributed by atoms with Crippen molar-refractivity contribution in [2.75, 3.05) is 26.2 Å². The molecule has 1 aliphatic heterocycles. The standard InChI is InChI=1S/C18H24F2N2O4/c1-2-10-25-14-4-3-5-18(11-14,26-16(19)20)17(13-21)6-8-22(9-7-17)12-15(23)24/h3-5,16H,2,6-12H2,1H3,(H,23,24). The highest BCUT2D eigenvalue weighted by atomic mass is 19.3. The number of nitrogens with zero attached hydrogens (tertiary/aromatic N) is 2. The lowest BCUT2D eigenvalue weighted by Crippen LogP contribution is -2.55. The molecule has 0 aromatic heterocycles. The molecule has 8 heteroatoms. The normalized spacial score (nSPS) is 25.6. The fourth-order valence-electron chi connectivity index (χ4n) is 3.62. The monoisotopic (exact) mass is 370 g/mol. The number of alkyl halides is 2. The number of aliphatic carboxylic acids is 1. The van der Waals surface area contributed by atoms with E-state index in [1.807, 2.05) is 6.92 Å². The smallest absolute Gasteiger partial charge is 0.346 e. The number of hydrogen-bond donors (Lipinski definition) is 1. The van der Waals surface area contributed by atoms with Crippen LogP contribution in [-0.2, 0) is 14.3 Å². The van der Waals surface area contributed by atoms with Gasteiger partial charge < -0.3 is 14.6 Å². The topological polar surface area (TPSA) is 82.8 Å². The van der Waals surface area contributed by atoms with E-state index in [1.54, 1.807) is 17.1 Å². The average molecular weight is 370 g/mol. The number of allylic oxidation sites excluding steroid dienone is 2. The first-order chi connectivity index (χ1) is 12.4. The van der Waals surface area contributed by atoms with Gasteiger partial charge in [-0.25, -0.2) is 0 Å². The summed E-state index contributed by atoms with van der Waals surface area (Å²) in [7, 11) is 0. The summed E-state index contributed by atoms with van der Waals surface area (Å²) in [5.41, 5.74) is -2.67. The molecule has 1 aliphatic carbocycles. The second-order valence-corrected chi connectivity index (χ2v) is 6.65. The zero-order chi connectivity index (χ0) is 19.2. The number of ether oxygens (including phenoxy) is 2. The Morgan fingerprint density at radius 3 is 2.69 bits per heavy atom. The number of rotatable bonds is 8. The maximum Gasteiger partial charge on any atom is 0.346 e. The Balaban J connectivity index is 2.25. The van der Waals surface area contributed by atoms with E-state index in [-0.39, 0.29) is 25.8 Å². The molecule has 0 aromatic carbocycles. The fraction of sp³-hybridized carbons (Fsp3) is 0.667. The van der Waals surface area contributed by atoms with Gasteiger partial charge in [-0.1, -0.05) is 19.1 Å². The molecule has 0 bridgehead atoms. The maximum absolute atomic E-state index is 13.2. The molecule has 1 unspecified atom stereocenters. The van der Waals surface area contributed by atoms with E-state index in [2.05, 4.69) is 6.07 Å².